The van der Waals surface area contributed by atoms with E-state index in [9.17, 15) is 9.90 Å². The Morgan fingerprint density at radius 1 is 1.03 bits per heavy atom. The number of benzene rings is 1. The molecular formula is C22H23N5O2. The molecule has 1 aromatic carbocycles. The van der Waals surface area contributed by atoms with Gasteiger partial charge in [0.05, 0.1) is 11.9 Å². The van der Waals surface area contributed by atoms with Gasteiger partial charge in [-0.1, -0.05) is 12.5 Å². The fourth-order valence-electron chi connectivity index (χ4n) is 4.63. The first kappa shape index (κ1) is 18.0. The molecule has 3 aromatic rings. The zero-order valence-corrected chi connectivity index (χ0v) is 16.0. The van der Waals surface area contributed by atoms with Crippen LogP contribution in [0.2, 0.25) is 0 Å². The molecule has 2 fully saturated rings. The van der Waals surface area contributed by atoms with Crippen LogP contribution >= 0.6 is 0 Å². The van der Waals surface area contributed by atoms with Crippen LogP contribution in [0.4, 0.5) is 0 Å². The van der Waals surface area contributed by atoms with E-state index in [0.29, 0.717) is 29.0 Å². The second-order valence-electron chi connectivity index (χ2n) is 8.05. The van der Waals surface area contributed by atoms with Crippen LogP contribution in [0.3, 0.4) is 0 Å². The van der Waals surface area contributed by atoms with E-state index in [1.807, 2.05) is 6.07 Å². The summed E-state index contributed by atoms with van der Waals surface area (Å²) in [6, 6.07) is 9.77. The minimum atomic E-state index is 0.0225. The first-order valence-electron chi connectivity index (χ1n) is 10.1. The number of hydrogen-bond donors (Lipinski definition) is 3. The van der Waals surface area contributed by atoms with Crippen molar-refractivity contribution in [2.75, 3.05) is 0 Å². The molecule has 2 aromatic heterocycles. The van der Waals surface area contributed by atoms with E-state index in [1.165, 1.54) is 6.42 Å². The van der Waals surface area contributed by atoms with Gasteiger partial charge in [-0.25, -0.2) is 0 Å². The maximum atomic E-state index is 12.9. The predicted octanol–water partition coefficient (Wildman–Crippen LogP) is 3.34. The number of fused-ring (bicyclic) bond motifs is 2. The summed E-state index contributed by atoms with van der Waals surface area (Å²) >= 11 is 0. The number of ketones is 1. The SMILES string of the molecule is O=C(c1ccc(-c2ccc(-c3cn[nH]c3)cc2O)nn1)[C@@H]1C[C@H]2CCC[C@@H](C1)N2. The molecule has 7 nitrogen and oxygen atoms in total. The molecule has 4 heterocycles. The molecule has 3 atom stereocenters. The summed E-state index contributed by atoms with van der Waals surface area (Å²) in [6.45, 7) is 0. The number of carbonyl (C=O) groups is 1. The quantitative estimate of drug-likeness (QED) is 0.591. The number of aromatic nitrogens is 4. The number of nitrogens with zero attached hydrogens (tertiary/aromatic N) is 3. The van der Waals surface area contributed by atoms with E-state index in [-0.39, 0.29) is 17.5 Å². The number of carbonyl (C=O) groups excluding carboxylic acids is 1. The number of aromatic hydroxyl groups is 1. The van der Waals surface area contributed by atoms with Crippen molar-refractivity contribution in [3.05, 3.63) is 48.4 Å². The molecule has 29 heavy (non-hydrogen) atoms. The van der Waals surface area contributed by atoms with Gasteiger partial charge in [0.1, 0.15) is 11.4 Å². The van der Waals surface area contributed by atoms with Crippen molar-refractivity contribution in [2.24, 2.45) is 5.92 Å². The zero-order valence-electron chi connectivity index (χ0n) is 16.0. The second-order valence-corrected chi connectivity index (χ2v) is 8.05. The highest BCUT2D eigenvalue weighted by Crippen LogP contribution is 2.33. The van der Waals surface area contributed by atoms with Gasteiger partial charge < -0.3 is 10.4 Å². The Balaban J connectivity index is 1.34. The number of rotatable bonds is 4. The maximum absolute atomic E-state index is 12.9. The van der Waals surface area contributed by atoms with Crippen molar-refractivity contribution in [2.45, 2.75) is 44.2 Å². The first-order chi connectivity index (χ1) is 14.2. The topological polar surface area (TPSA) is 104 Å². The number of phenolic OH excluding ortho intramolecular Hbond substituents is 1. The largest absolute Gasteiger partial charge is 0.507 e. The van der Waals surface area contributed by atoms with Crippen LogP contribution in [0.1, 0.15) is 42.6 Å². The number of Topliss-reactive ketones (excluding diaryl/α,β-unsaturated/α-hetero) is 1. The van der Waals surface area contributed by atoms with Gasteiger partial charge in [-0.2, -0.15) is 5.10 Å². The molecule has 2 aliphatic rings. The third-order valence-electron chi connectivity index (χ3n) is 6.11. The lowest BCUT2D eigenvalue weighted by Gasteiger charge is -2.39. The summed E-state index contributed by atoms with van der Waals surface area (Å²) in [7, 11) is 0. The van der Waals surface area contributed by atoms with Crippen molar-refractivity contribution < 1.29 is 9.90 Å². The summed E-state index contributed by atoms with van der Waals surface area (Å²) in [5.41, 5.74) is 3.29. The zero-order chi connectivity index (χ0) is 19.8. The second kappa shape index (κ2) is 7.40. The highest BCUT2D eigenvalue weighted by molar-refractivity contribution is 5.96. The molecule has 0 aliphatic carbocycles. The molecule has 2 saturated heterocycles. The van der Waals surface area contributed by atoms with Gasteiger partial charge in [0, 0.05) is 35.3 Å². The number of H-pyrrole nitrogens is 1. The van der Waals surface area contributed by atoms with E-state index in [4.69, 9.17) is 0 Å². The minimum absolute atomic E-state index is 0.0225. The molecule has 148 valence electrons. The van der Waals surface area contributed by atoms with Gasteiger partial charge in [-0.05, 0) is 55.5 Å². The molecule has 2 aliphatic heterocycles. The van der Waals surface area contributed by atoms with Gasteiger partial charge in [0.15, 0.2) is 5.78 Å². The number of aromatic amines is 1. The highest BCUT2D eigenvalue weighted by atomic mass is 16.3. The van der Waals surface area contributed by atoms with Crippen LogP contribution in [-0.2, 0) is 0 Å². The van der Waals surface area contributed by atoms with Crippen molar-refractivity contribution >= 4 is 5.78 Å². The van der Waals surface area contributed by atoms with E-state index in [0.717, 1.165) is 36.8 Å². The summed E-state index contributed by atoms with van der Waals surface area (Å²) in [4.78, 5) is 12.9. The molecule has 0 amide bonds. The number of phenols is 1. The molecule has 5 rings (SSSR count). The van der Waals surface area contributed by atoms with Crippen LogP contribution in [0.5, 0.6) is 5.75 Å². The molecule has 0 unspecified atom stereocenters. The van der Waals surface area contributed by atoms with E-state index in [1.54, 1.807) is 36.7 Å². The van der Waals surface area contributed by atoms with E-state index >= 15 is 0 Å². The van der Waals surface area contributed by atoms with E-state index < -0.39 is 0 Å². The summed E-state index contributed by atoms with van der Waals surface area (Å²) in [6.07, 6.45) is 8.79. The highest BCUT2D eigenvalue weighted by Gasteiger charge is 2.35. The molecular weight excluding hydrogens is 366 g/mol. The van der Waals surface area contributed by atoms with Crippen molar-refractivity contribution in [1.29, 1.82) is 0 Å². The summed E-state index contributed by atoms with van der Waals surface area (Å²) < 4.78 is 0. The average Bonchev–Trinajstić information content (AvgIpc) is 3.28. The van der Waals surface area contributed by atoms with Gasteiger partial charge in [0.2, 0.25) is 0 Å². The van der Waals surface area contributed by atoms with Crippen LogP contribution < -0.4 is 5.32 Å². The minimum Gasteiger partial charge on any atom is -0.507 e. The van der Waals surface area contributed by atoms with Crippen LogP contribution in [0, 0.1) is 5.92 Å². The molecule has 0 saturated carbocycles. The number of nitrogens with one attached hydrogen (secondary N) is 2. The van der Waals surface area contributed by atoms with Crippen LogP contribution in [-0.4, -0.2) is 43.4 Å². The van der Waals surface area contributed by atoms with Crippen LogP contribution in [0.15, 0.2) is 42.7 Å². The molecule has 7 heteroatoms. The fraction of sp³-hybridized carbons (Fsp3) is 0.364. The first-order valence-corrected chi connectivity index (χ1v) is 10.1. The van der Waals surface area contributed by atoms with Crippen molar-refractivity contribution in [3.8, 4) is 28.1 Å². The Kier molecular flexibility index (Phi) is 4.60. The average molecular weight is 389 g/mol. The number of hydrogen-bond acceptors (Lipinski definition) is 6. The van der Waals surface area contributed by atoms with E-state index in [2.05, 4.69) is 25.7 Å². The van der Waals surface area contributed by atoms with Gasteiger partial charge in [-0.15, -0.1) is 10.2 Å². The van der Waals surface area contributed by atoms with Crippen molar-refractivity contribution in [3.63, 3.8) is 0 Å². The Labute approximate surface area is 168 Å². The summed E-state index contributed by atoms with van der Waals surface area (Å²) in [5.74, 6) is 0.222. The molecule has 0 spiro atoms. The fourth-order valence-corrected chi connectivity index (χ4v) is 4.63. The van der Waals surface area contributed by atoms with Crippen LogP contribution in [0.25, 0.3) is 22.4 Å². The van der Waals surface area contributed by atoms with Crippen molar-refractivity contribution in [1.82, 2.24) is 25.7 Å². The molecule has 3 N–H and O–H groups in total. The third-order valence-corrected chi connectivity index (χ3v) is 6.11. The maximum Gasteiger partial charge on any atom is 0.186 e. The Morgan fingerprint density at radius 2 is 1.86 bits per heavy atom. The normalized spacial score (nSPS) is 23.7. The monoisotopic (exact) mass is 389 g/mol. The standard InChI is InChI=1S/C22H23N5O2/c28-21-10-13(15-11-23-24-12-15)4-5-18(21)19-6-7-20(27-26-19)22(29)14-8-16-2-1-3-17(9-14)25-16/h4-7,10-12,14,16-17,25,28H,1-3,8-9H2,(H,23,24)/t14-,16-,17+. The Hall–Kier alpha value is -3.06. The molecule has 0 radical (unpaired) electrons. The predicted molar refractivity (Wildman–Crippen MR) is 108 cm³/mol. The number of piperidine rings is 2. The van der Waals surface area contributed by atoms with Gasteiger partial charge in [-0.3, -0.25) is 9.89 Å². The lowest BCUT2D eigenvalue weighted by atomic mass is 9.78. The Morgan fingerprint density at radius 3 is 2.52 bits per heavy atom. The van der Waals surface area contributed by atoms with Gasteiger partial charge >= 0.3 is 0 Å². The third kappa shape index (κ3) is 3.53. The molecule has 2 bridgehead atoms. The summed E-state index contributed by atoms with van der Waals surface area (Å²) in [5, 5.41) is 29.2. The lowest BCUT2D eigenvalue weighted by Crippen LogP contribution is -2.50. The van der Waals surface area contributed by atoms with Gasteiger partial charge in [0.25, 0.3) is 0 Å². The smallest absolute Gasteiger partial charge is 0.186 e. The Bertz CT molecular complexity index is 1000. The lowest BCUT2D eigenvalue weighted by molar-refractivity contribution is 0.0819.